The van der Waals surface area contributed by atoms with Gasteiger partial charge in [-0.3, -0.25) is 4.79 Å². The zero-order valence-electron chi connectivity index (χ0n) is 7.54. The second kappa shape index (κ2) is 4.21. The van der Waals surface area contributed by atoms with Gasteiger partial charge in [-0.05, 0) is 13.0 Å². The summed E-state index contributed by atoms with van der Waals surface area (Å²) >= 11 is 0. The Kier molecular flexibility index (Phi) is 3.22. The molecule has 0 aromatic carbocycles. The van der Waals surface area contributed by atoms with Crippen molar-refractivity contribution in [2.24, 2.45) is 0 Å². The van der Waals surface area contributed by atoms with Crippen LogP contribution in [0, 0.1) is 6.92 Å². The Hall–Kier alpha value is -1.39. The van der Waals surface area contributed by atoms with E-state index in [1.165, 1.54) is 19.3 Å². The van der Waals surface area contributed by atoms with Crippen molar-refractivity contribution in [3.05, 3.63) is 23.7 Å². The van der Waals surface area contributed by atoms with E-state index in [2.05, 4.69) is 0 Å². The normalized spacial score (nSPS) is 13.1. The minimum absolute atomic E-state index is 0.266. The highest BCUT2D eigenvalue weighted by atomic mass is 19.3. The molecule has 0 radical (unpaired) electrons. The molecule has 0 aliphatic rings. The van der Waals surface area contributed by atoms with Gasteiger partial charge in [0, 0.05) is 5.56 Å². The topological polar surface area (TPSA) is 50.4 Å². The van der Waals surface area contributed by atoms with Crippen LogP contribution in [0.5, 0.6) is 0 Å². The molecule has 0 fully saturated rings. The molecule has 0 aliphatic carbocycles. The number of rotatable bonds is 4. The number of carbonyl (C=O) groups is 1. The van der Waals surface area contributed by atoms with Crippen molar-refractivity contribution in [1.82, 2.24) is 0 Å². The molecule has 0 amide bonds. The predicted molar refractivity (Wildman–Crippen MR) is 44.4 cm³/mol. The lowest BCUT2D eigenvalue weighted by atomic mass is 9.97. The molecule has 1 rings (SSSR count). The average molecular weight is 204 g/mol. The summed E-state index contributed by atoms with van der Waals surface area (Å²) in [5.41, 5.74) is 0.266. The molecule has 1 unspecified atom stereocenters. The highest BCUT2D eigenvalue weighted by Gasteiger charge is 2.27. The molecular formula is C9H10F2O3. The Balaban J connectivity index is 2.88. The van der Waals surface area contributed by atoms with E-state index < -0.39 is 24.7 Å². The minimum Gasteiger partial charge on any atom is -0.481 e. The number of carboxylic acids is 1. The van der Waals surface area contributed by atoms with Gasteiger partial charge >= 0.3 is 5.97 Å². The van der Waals surface area contributed by atoms with Gasteiger partial charge < -0.3 is 9.52 Å². The van der Waals surface area contributed by atoms with Crippen LogP contribution in [-0.2, 0) is 4.79 Å². The Morgan fingerprint density at radius 1 is 1.64 bits per heavy atom. The Morgan fingerprint density at radius 2 is 2.29 bits per heavy atom. The molecule has 1 heterocycles. The molecule has 1 atom stereocenters. The summed E-state index contributed by atoms with van der Waals surface area (Å²) in [6, 6.07) is 1.38. The van der Waals surface area contributed by atoms with Crippen LogP contribution in [0.1, 0.15) is 23.7 Å². The van der Waals surface area contributed by atoms with Crippen LogP contribution in [0.4, 0.5) is 8.78 Å². The number of aryl methyl sites for hydroxylation is 1. The number of alkyl halides is 2. The molecule has 5 heteroatoms. The number of halogens is 2. The van der Waals surface area contributed by atoms with Gasteiger partial charge in [-0.15, -0.1) is 0 Å². The molecule has 0 saturated carbocycles. The number of hydrogen-bond donors (Lipinski definition) is 1. The fourth-order valence-corrected chi connectivity index (χ4v) is 1.30. The zero-order chi connectivity index (χ0) is 10.7. The predicted octanol–water partition coefficient (Wildman–Crippen LogP) is 2.41. The third-order valence-electron chi connectivity index (χ3n) is 2.00. The lowest BCUT2D eigenvalue weighted by molar-refractivity contribution is -0.138. The van der Waals surface area contributed by atoms with Crippen LogP contribution in [0.2, 0.25) is 0 Å². The quantitative estimate of drug-likeness (QED) is 0.819. The molecule has 1 N–H and O–H groups in total. The van der Waals surface area contributed by atoms with Crippen molar-refractivity contribution in [3.63, 3.8) is 0 Å². The van der Waals surface area contributed by atoms with Gasteiger partial charge in [-0.25, -0.2) is 8.78 Å². The van der Waals surface area contributed by atoms with E-state index in [0.717, 1.165) is 0 Å². The largest absolute Gasteiger partial charge is 0.481 e. The molecule has 1 aromatic rings. The summed E-state index contributed by atoms with van der Waals surface area (Å²) < 4.78 is 29.8. The van der Waals surface area contributed by atoms with Gasteiger partial charge in [-0.2, -0.15) is 0 Å². The maximum atomic E-state index is 12.5. The van der Waals surface area contributed by atoms with Crippen molar-refractivity contribution < 1.29 is 23.1 Å². The highest BCUT2D eigenvalue weighted by molar-refractivity contribution is 5.68. The first-order chi connectivity index (χ1) is 6.52. The van der Waals surface area contributed by atoms with E-state index in [1.807, 2.05) is 0 Å². The Labute approximate surface area is 79.3 Å². The molecule has 14 heavy (non-hydrogen) atoms. The second-order valence-corrected chi connectivity index (χ2v) is 2.97. The number of carboxylic acid groups (broad SMARTS) is 1. The molecule has 0 aliphatic heterocycles. The van der Waals surface area contributed by atoms with Crippen molar-refractivity contribution in [2.75, 3.05) is 0 Å². The summed E-state index contributed by atoms with van der Waals surface area (Å²) in [5, 5.41) is 8.46. The third-order valence-corrected chi connectivity index (χ3v) is 2.00. The monoisotopic (exact) mass is 204 g/mol. The van der Waals surface area contributed by atoms with E-state index in [1.54, 1.807) is 0 Å². The maximum Gasteiger partial charge on any atom is 0.304 e. The first-order valence-corrected chi connectivity index (χ1v) is 4.06. The Bertz CT molecular complexity index is 320. The fraction of sp³-hybridized carbons (Fsp3) is 0.444. The standard InChI is InChI=1S/C9H10F2O3/c1-5-6(2-3-14-5)7(9(10)11)4-8(12)13/h2-3,7,9H,4H2,1H3,(H,12,13). The SMILES string of the molecule is Cc1occc1C(CC(=O)O)C(F)F. The number of furan rings is 1. The third kappa shape index (κ3) is 2.31. The summed E-state index contributed by atoms with van der Waals surface area (Å²) in [5.74, 6) is -2.18. The van der Waals surface area contributed by atoms with E-state index in [9.17, 15) is 13.6 Å². The minimum atomic E-state index is -2.69. The Morgan fingerprint density at radius 3 is 2.64 bits per heavy atom. The van der Waals surface area contributed by atoms with Crippen molar-refractivity contribution in [1.29, 1.82) is 0 Å². The van der Waals surface area contributed by atoms with Gasteiger partial charge in [0.15, 0.2) is 0 Å². The highest BCUT2D eigenvalue weighted by Crippen LogP contribution is 2.29. The summed E-state index contributed by atoms with van der Waals surface area (Å²) in [6.45, 7) is 1.53. The van der Waals surface area contributed by atoms with Crippen LogP contribution < -0.4 is 0 Å². The van der Waals surface area contributed by atoms with Crippen LogP contribution in [0.3, 0.4) is 0 Å². The molecule has 1 aromatic heterocycles. The second-order valence-electron chi connectivity index (χ2n) is 2.97. The number of hydrogen-bond acceptors (Lipinski definition) is 2. The van der Waals surface area contributed by atoms with Gasteiger partial charge in [0.25, 0.3) is 0 Å². The van der Waals surface area contributed by atoms with Crippen molar-refractivity contribution >= 4 is 5.97 Å². The van der Waals surface area contributed by atoms with Crippen LogP contribution in [0.15, 0.2) is 16.7 Å². The van der Waals surface area contributed by atoms with Gasteiger partial charge in [0.1, 0.15) is 5.76 Å². The first kappa shape index (κ1) is 10.7. The van der Waals surface area contributed by atoms with Gasteiger partial charge in [-0.1, -0.05) is 0 Å². The van der Waals surface area contributed by atoms with Crippen molar-refractivity contribution in [2.45, 2.75) is 25.7 Å². The van der Waals surface area contributed by atoms with E-state index in [-0.39, 0.29) is 5.56 Å². The molecule has 0 saturated heterocycles. The molecule has 0 bridgehead atoms. The smallest absolute Gasteiger partial charge is 0.304 e. The number of aliphatic carboxylic acids is 1. The fourth-order valence-electron chi connectivity index (χ4n) is 1.30. The summed E-state index contributed by atoms with van der Waals surface area (Å²) in [6.07, 6.45) is -2.00. The van der Waals surface area contributed by atoms with E-state index in [4.69, 9.17) is 9.52 Å². The summed E-state index contributed by atoms with van der Waals surface area (Å²) in [7, 11) is 0. The molecular weight excluding hydrogens is 194 g/mol. The summed E-state index contributed by atoms with van der Waals surface area (Å²) in [4.78, 5) is 10.4. The van der Waals surface area contributed by atoms with Crippen LogP contribution in [-0.4, -0.2) is 17.5 Å². The lowest BCUT2D eigenvalue weighted by Crippen LogP contribution is -2.14. The maximum absolute atomic E-state index is 12.5. The van der Waals surface area contributed by atoms with Crippen molar-refractivity contribution in [3.8, 4) is 0 Å². The van der Waals surface area contributed by atoms with E-state index >= 15 is 0 Å². The molecule has 78 valence electrons. The van der Waals surface area contributed by atoms with E-state index in [0.29, 0.717) is 5.76 Å². The average Bonchev–Trinajstić information content (AvgIpc) is 2.46. The van der Waals surface area contributed by atoms with Crippen LogP contribution >= 0.6 is 0 Å². The lowest BCUT2D eigenvalue weighted by Gasteiger charge is -2.12. The first-order valence-electron chi connectivity index (χ1n) is 4.06. The van der Waals surface area contributed by atoms with Gasteiger partial charge in [0.05, 0.1) is 18.6 Å². The van der Waals surface area contributed by atoms with Crippen LogP contribution in [0.25, 0.3) is 0 Å². The molecule has 0 spiro atoms. The molecule has 3 nitrogen and oxygen atoms in total. The van der Waals surface area contributed by atoms with Gasteiger partial charge in [0.2, 0.25) is 6.43 Å². The zero-order valence-corrected chi connectivity index (χ0v) is 7.54.